The van der Waals surface area contributed by atoms with Crippen molar-refractivity contribution in [2.45, 2.75) is 11.8 Å². The van der Waals surface area contributed by atoms with Crippen LogP contribution in [0.4, 0.5) is 17.1 Å². The molecule has 3 heterocycles. The Labute approximate surface area is 370 Å². The van der Waals surface area contributed by atoms with E-state index in [-0.39, 0.29) is 57.3 Å². The minimum Gasteiger partial charge on any atom is -0.497 e. The van der Waals surface area contributed by atoms with E-state index in [4.69, 9.17) is 28.4 Å². The summed E-state index contributed by atoms with van der Waals surface area (Å²) in [5, 5.41) is 8.67. The summed E-state index contributed by atoms with van der Waals surface area (Å²) in [4.78, 5) is 90.7. The summed E-state index contributed by atoms with van der Waals surface area (Å²) in [5.41, 5.74) is 5.98. The predicted octanol–water partition coefficient (Wildman–Crippen LogP) is 6.00. The first-order valence-corrected chi connectivity index (χ1v) is 19.7. The second kappa shape index (κ2) is 17.6. The summed E-state index contributed by atoms with van der Waals surface area (Å²) in [6.45, 7) is 0. The van der Waals surface area contributed by atoms with Crippen molar-refractivity contribution in [3.63, 3.8) is 0 Å². The first-order valence-electron chi connectivity index (χ1n) is 19.7. The smallest absolute Gasteiger partial charge is 0.356 e. The van der Waals surface area contributed by atoms with Gasteiger partial charge in [-0.25, -0.2) is 29.3 Å². The number of nitrogens with one attached hydrogen (secondary N) is 3. The van der Waals surface area contributed by atoms with Gasteiger partial charge in [-0.2, -0.15) is 0 Å². The predicted molar refractivity (Wildman–Crippen MR) is 231 cm³/mol. The van der Waals surface area contributed by atoms with Crippen molar-refractivity contribution in [1.82, 2.24) is 15.0 Å². The number of benzene rings is 3. The number of esters is 3. The van der Waals surface area contributed by atoms with Gasteiger partial charge in [0.25, 0.3) is 17.7 Å². The van der Waals surface area contributed by atoms with Gasteiger partial charge in [-0.3, -0.25) is 14.4 Å². The second-order valence-electron chi connectivity index (χ2n) is 14.6. The summed E-state index contributed by atoms with van der Waals surface area (Å²) in [5.74, 6) is -4.23. The molecule has 3 aliphatic carbocycles. The average Bonchev–Trinajstić information content (AvgIpc) is 3.34. The number of carbonyl (C=O) groups excluding carboxylic acids is 6. The van der Waals surface area contributed by atoms with Gasteiger partial charge < -0.3 is 44.4 Å². The molecule has 328 valence electrons. The third kappa shape index (κ3) is 8.22. The minimum atomic E-state index is -0.748. The number of hydrogen-bond donors (Lipinski definition) is 3. The number of hydrogen-bond acceptors (Lipinski definition) is 15. The van der Waals surface area contributed by atoms with Crippen LogP contribution in [-0.4, -0.2) is 93.2 Å². The molecule has 9 rings (SSSR count). The zero-order chi connectivity index (χ0) is 46.1. The van der Waals surface area contributed by atoms with Crippen LogP contribution in [0, 0.1) is 0 Å². The van der Waals surface area contributed by atoms with E-state index in [0.717, 1.165) is 33.4 Å². The molecule has 6 aromatic rings. The molecule has 0 unspecified atom stereocenters. The number of nitrogens with zero attached hydrogens (tertiary/aromatic N) is 3. The van der Waals surface area contributed by atoms with Crippen LogP contribution in [0.3, 0.4) is 0 Å². The molecule has 0 aliphatic heterocycles. The highest BCUT2D eigenvalue weighted by molar-refractivity contribution is 6.06. The molecule has 0 spiro atoms. The van der Waals surface area contributed by atoms with E-state index >= 15 is 0 Å². The van der Waals surface area contributed by atoms with Crippen LogP contribution in [0.2, 0.25) is 0 Å². The standard InChI is InChI=1S/C47H38N6O12/c1-60-25-16-34(51-37(19-25)45(57)63-4)42(54)48-22-7-10-28-31(13-22)41-32-14-23(49-43(55)35-17-26(61-2)20-38(52-35)46(58)64-5)8-11-29(32)40(28)30-12-9-24(15-33(30)41)50-44(56)36-18-27(62-3)21-39(53-36)47(59)65-6/h7-21,40-41H,1-6H3,(H,48,54)(H,49,55)(H,50,56). The Balaban J connectivity index is 1.18. The van der Waals surface area contributed by atoms with Gasteiger partial charge in [0.15, 0.2) is 17.1 Å². The monoisotopic (exact) mass is 878 g/mol. The van der Waals surface area contributed by atoms with Gasteiger partial charge in [0.2, 0.25) is 0 Å². The summed E-state index contributed by atoms with van der Waals surface area (Å²) < 4.78 is 30.3. The van der Waals surface area contributed by atoms with Crippen molar-refractivity contribution >= 4 is 52.7 Å². The van der Waals surface area contributed by atoms with Crippen LogP contribution in [0.15, 0.2) is 91.0 Å². The van der Waals surface area contributed by atoms with Crippen molar-refractivity contribution in [1.29, 1.82) is 0 Å². The number of aromatic nitrogens is 3. The molecule has 18 heteroatoms. The highest BCUT2D eigenvalue weighted by Crippen LogP contribution is 2.57. The Morgan fingerprint density at radius 3 is 0.892 bits per heavy atom. The van der Waals surface area contributed by atoms with Gasteiger partial charge in [-0.15, -0.1) is 0 Å². The Bertz CT molecular complexity index is 2670. The minimum absolute atomic E-state index is 0.0890. The van der Waals surface area contributed by atoms with Crippen LogP contribution in [0.5, 0.6) is 17.2 Å². The zero-order valence-electron chi connectivity index (χ0n) is 35.6. The fraction of sp³-hybridized carbons (Fsp3) is 0.170. The van der Waals surface area contributed by atoms with Crippen molar-refractivity contribution in [3.8, 4) is 17.2 Å². The molecule has 65 heavy (non-hydrogen) atoms. The normalized spacial score (nSPS) is 13.8. The largest absolute Gasteiger partial charge is 0.497 e. The molecular weight excluding hydrogens is 841 g/mol. The van der Waals surface area contributed by atoms with Crippen molar-refractivity contribution < 1.29 is 57.2 Å². The van der Waals surface area contributed by atoms with Gasteiger partial charge in [0, 0.05) is 65.3 Å². The van der Waals surface area contributed by atoms with Crippen LogP contribution in [0.25, 0.3) is 0 Å². The third-order valence-corrected chi connectivity index (χ3v) is 10.9. The number of amides is 3. The van der Waals surface area contributed by atoms with E-state index in [0.29, 0.717) is 17.1 Å². The topological polar surface area (TPSA) is 233 Å². The number of rotatable bonds is 12. The molecule has 3 aromatic carbocycles. The molecule has 3 aromatic heterocycles. The first-order chi connectivity index (χ1) is 31.4. The van der Waals surface area contributed by atoms with Gasteiger partial charge in [-0.1, -0.05) is 18.2 Å². The highest BCUT2D eigenvalue weighted by atomic mass is 16.5. The van der Waals surface area contributed by atoms with E-state index in [2.05, 4.69) is 30.9 Å². The van der Waals surface area contributed by atoms with E-state index < -0.39 is 41.5 Å². The van der Waals surface area contributed by atoms with Crippen LogP contribution in [0.1, 0.15) is 108 Å². The molecule has 0 atom stereocenters. The summed E-state index contributed by atoms with van der Waals surface area (Å²) >= 11 is 0. The maximum Gasteiger partial charge on any atom is 0.356 e. The quantitative estimate of drug-likeness (QED) is 0.0943. The lowest BCUT2D eigenvalue weighted by Crippen LogP contribution is -2.28. The second-order valence-corrected chi connectivity index (χ2v) is 14.6. The van der Waals surface area contributed by atoms with Gasteiger partial charge in [0.1, 0.15) is 34.3 Å². The van der Waals surface area contributed by atoms with Gasteiger partial charge in [-0.05, 0) is 69.8 Å². The lowest BCUT2D eigenvalue weighted by atomic mass is 9.61. The molecule has 3 amide bonds. The van der Waals surface area contributed by atoms with Crippen molar-refractivity contribution in [3.05, 3.63) is 159 Å². The molecule has 0 saturated carbocycles. The van der Waals surface area contributed by atoms with Crippen LogP contribution >= 0.6 is 0 Å². The molecule has 2 bridgehead atoms. The van der Waals surface area contributed by atoms with E-state index in [9.17, 15) is 28.8 Å². The maximum atomic E-state index is 13.7. The zero-order valence-corrected chi connectivity index (χ0v) is 35.6. The fourth-order valence-electron chi connectivity index (χ4n) is 7.93. The lowest BCUT2D eigenvalue weighted by molar-refractivity contribution is 0.0584. The average molecular weight is 879 g/mol. The number of pyridine rings is 3. The molecular formula is C47H38N6O12. The lowest BCUT2D eigenvalue weighted by Gasteiger charge is -2.42. The molecule has 0 fully saturated rings. The number of carbonyl (C=O) groups is 6. The Hall–Kier alpha value is -8.67. The fourth-order valence-corrected chi connectivity index (χ4v) is 7.93. The van der Waals surface area contributed by atoms with E-state index in [1.54, 1.807) is 18.2 Å². The van der Waals surface area contributed by atoms with Crippen molar-refractivity contribution in [2.75, 3.05) is 58.6 Å². The van der Waals surface area contributed by atoms with Crippen LogP contribution < -0.4 is 30.2 Å². The Morgan fingerprint density at radius 2 is 0.631 bits per heavy atom. The molecule has 0 radical (unpaired) electrons. The Kier molecular flexibility index (Phi) is 11.6. The number of ether oxygens (including phenoxy) is 6. The summed E-state index contributed by atoms with van der Waals surface area (Å²) in [6, 6.07) is 24.9. The van der Waals surface area contributed by atoms with Crippen molar-refractivity contribution in [2.24, 2.45) is 0 Å². The summed E-state index contributed by atoms with van der Waals surface area (Å²) in [6.07, 6.45) is 0. The van der Waals surface area contributed by atoms with Crippen LogP contribution in [-0.2, 0) is 14.2 Å². The van der Waals surface area contributed by atoms with E-state index in [1.165, 1.54) is 79.1 Å². The third-order valence-electron chi connectivity index (χ3n) is 10.9. The number of methoxy groups -OCH3 is 6. The van der Waals surface area contributed by atoms with Gasteiger partial charge >= 0.3 is 17.9 Å². The van der Waals surface area contributed by atoms with E-state index in [1.807, 2.05) is 36.4 Å². The SMILES string of the molecule is COC(=O)c1cc(OC)cc(C(=O)Nc2ccc3c(c2)C2c4cc(NC(=O)c5cc(OC)cc(C(=O)OC)n5)ccc4C3c3ccc(NC(=O)c4cc(OC)cc(C(=O)OC)n4)cc32)n1. The highest BCUT2D eigenvalue weighted by Gasteiger charge is 2.42. The summed E-state index contributed by atoms with van der Waals surface area (Å²) in [7, 11) is 7.80. The molecule has 18 nitrogen and oxygen atoms in total. The Morgan fingerprint density at radius 1 is 0.369 bits per heavy atom. The maximum absolute atomic E-state index is 13.7. The number of anilines is 3. The molecule has 3 N–H and O–H groups in total. The van der Waals surface area contributed by atoms with Gasteiger partial charge in [0.05, 0.1) is 42.7 Å². The molecule has 3 aliphatic rings. The molecule has 0 saturated heterocycles. The first kappa shape index (κ1) is 43.0.